The summed E-state index contributed by atoms with van der Waals surface area (Å²) in [5, 5.41) is 11.9. The second kappa shape index (κ2) is 6.22. The molecule has 2 rings (SSSR count). The van der Waals surface area contributed by atoms with Gasteiger partial charge in [-0.1, -0.05) is 31.0 Å². The molecule has 5 nitrogen and oxygen atoms in total. The average molecular weight is 268 g/mol. The highest BCUT2D eigenvalue weighted by Crippen LogP contribution is 2.32. The van der Waals surface area contributed by atoms with Gasteiger partial charge in [-0.2, -0.15) is 0 Å². The Hall–Kier alpha value is -1.04. The third-order valence-corrected chi connectivity index (χ3v) is 4.33. The predicted molar refractivity (Wildman–Crippen MR) is 71.7 cm³/mol. The summed E-state index contributed by atoms with van der Waals surface area (Å²) in [5.74, 6) is 1.39. The molecule has 1 heterocycles. The fraction of sp³-hybridized carbons (Fsp3) is 0.750. The van der Waals surface area contributed by atoms with Crippen LogP contribution in [0.15, 0.2) is 5.16 Å². The van der Waals surface area contributed by atoms with Crippen LogP contribution in [0, 0.1) is 6.92 Å². The van der Waals surface area contributed by atoms with Gasteiger partial charge in [-0.15, -0.1) is 10.2 Å². The number of rotatable bonds is 4. The molecule has 1 saturated carbocycles. The van der Waals surface area contributed by atoms with Gasteiger partial charge in [0.1, 0.15) is 5.82 Å². The van der Waals surface area contributed by atoms with Crippen molar-refractivity contribution in [3.05, 3.63) is 5.82 Å². The zero-order valence-corrected chi connectivity index (χ0v) is 11.8. The Kier molecular flexibility index (Phi) is 4.63. The van der Waals surface area contributed by atoms with E-state index in [0.29, 0.717) is 11.8 Å². The first-order valence-electron chi connectivity index (χ1n) is 6.47. The molecule has 100 valence electrons. The average Bonchev–Trinajstić information content (AvgIpc) is 2.78. The summed E-state index contributed by atoms with van der Waals surface area (Å²) < 4.78 is 2.22. The summed E-state index contributed by atoms with van der Waals surface area (Å²) in [6.45, 7) is 1.99. The number of aromatic nitrogens is 3. The lowest BCUT2D eigenvalue weighted by Crippen LogP contribution is -2.21. The molecule has 1 aliphatic rings. The summed E-state index contributed by atoms with van der Waals surface area (Å²) in [4.78, 5) is 11.3. The molecule has 1 aromatic heterocycles. The highest BCUT2D eigenvalue weighted by atomic mass is 32.2. The van der Waals surface area contributed by atoms with Gasteiger partial charge in [0.15, 0.2) is 5.16 Å². The normalized spacial score (nSPS) is 16.8. The van der Waals surface area contributed by atoms with E-state index >= 15 is 0 Å². The van der Waals surface area contributed by atoms with E-state index in [-0.39, 0.29) is 5.91 Å². The van der Waals surface area contributed by atoms with E-state index in [1.165, 1.54) is 43.9 Å². The number of aryl methyl sites for hydroxylation is 1. The van der Waals surface area contributed by atoms with Crippen molar-refractivity contribution in [3.63, 3.8) is 0 Å². The maximum Gasteiger partial charge on any atom is 0.230 e. The van der Waals surface area contributed by atoms with Crippen molar-refractivity contribution in [1.29, 1.82) is 0 Å². The number of carbonyl (C=O) groups is 1. The number of hydrogen-bond acceptors (Lipinski definition) is 4. The summed E-state index contributed by atoms with van der Waals surface area (Å²) in [5.41, 5.74) is 0. The Balaban J connectivity index is 2.08. The van der Waals surface area contributed by atoms with E-state index in [4.69, 9.17) is 0 Å². The fourth-order valence-corrected chi connectivity index (χ4v) is 3.33. The highest BCUT2D eigenvalue weighted by molar-refractivity contribution is 7.99. The molecule has 0 unspecified atom stereocenters. The van der Waals surface area contributed by atoms with Crippen molar-refractivity contribution in [1.82, 2.24) is 20.1 Å². The minimum atomic E-state index is 0.0239. The molecule has 1 aromatic rings. The Bertz CT molecular complexity index is 412. The fourth-order valence-electron chi connectivity index (χ4n) is 2.41. The van der Waals surface area contributed by atoms with Crippen LogP contribution in [0.4, 0.5) is 0 Å². The predicted octanol–water partition coefficient (Wildman–Crippen LogP) is 1.93. The Morgan fingerprint density at radius 3 is 2.78 bits per heavy atom. The van der Waals surface area contributed by atoms with Gasteiger partial charge in [0, 0.05) is 13.1 Å². The molecule has 0 aromatic carbocycles. The van der Waals surface area contributed by atoms with Crippen LogP contribution in [0.25, 0.3) is 0 Å². The molecule has 1 aliphatic carbocycles. The third-order valence-electron chi connectivity index (χ3n) is 3.39. The molecule has 0 saturated heterocycles. The Morgan fingerprint density at radius 1 is 1.39 bits per heavy atom. The quantitative estimate of drug-likeness (QED) is 0.848. The Morgan fingerprint density at radius 2 is 2.11 bits per heavy atom. The monoisotopic (exact) mass is 268 g/mol. The number of amides is 1. The van der Waals surface area contributed by atoms with E-state index in [2.05, 4.69) is 20.1 Å². The molecule has 0 aliphatic heterocycles. The zero-order valence-electron chi connectivity index (χ0n) is 11.0. The molecule has 1 amide bonds. The molecule has 6 heteroatoms. The molecule has 0 bridgehead atoms. The molecule has 1 fully saturated rings. The SMILES string of the molecule is CNC(=O)CSc1nnc(C)n1C1CCCCC1. The summed E-state index contributed by atoms with van der Waals surface area (Å²) in [7, 11) is 1.65. The molecule has 0 radical (unpaired) electrons. The van der Waals surface area contributed by atoms with Gasteiger partial charge in [0.05, 0.1) is 5.75 Å². The van der Waals surface area contributed by atoms with E-state index in [9.17, 15) is 4.79 Å². The van der Waals surface area contributed by atoms with Crippen molar-refractivity contribution in [2.75, 3.05) is 12.8 Å². The van der Waals surface area contributed by atoms with Gasteiger partial charge in [-0.25, -0.2) is 0 Å². The first-order valence-corrected chi connectivity index (χ1v) is 7.46. The van der Waals surface area contributed by atoms with Crippen molar-refractivity contribution < 1.29 is 4.79 Å². The number of carbonyl (C=O) groups excluding carboxylic acids is 1. The van der Waals surface area contributed by atoms with Crippen molar-refractivity contribution >= 4 is 17.7 Å². The van der Waals surface area contributed by atoms with Crippen LogP contribution < -0.4 is 5.32 Å². The largest absolute Gasteiger partial charge is 0.358 e. The summed E-state index contributed by atoms with van der Waals surface area (Å²) in [6, 6.07) is 0.515. The second-order valence-corrected chi connectivity index (χ2v) is 5.60. The maximum atomic E-state index is 11.3. The summed E-state index contributed by atoms with van der Waals surface area (Å²) in [6.07, 6.45) is 6.29. The van der Waals surface area contributed by atoms with Gasteiger partial charge >= 0.3 is 0 Å². The molecule has 0 spiro atoms. The van der Waals surface area contributed by atoms with E-state index in [1.54, 1.807) is 7.05 Å². The number of thioether (sulfide) groups is 1. The van der Waals surface area contributed by atoms with Gasteiger partial charge in [-0.05, 0) is 19.8 Å². The highest BCUT2D eigenvalue weighted by Gasteiger charge is 2.21. The van der Waals surface area contributed by atoms with Crippen molar-refractivity contribution in [2.45, 2.75) is 50.2 Å². The van der Waals surface area contributed by atoms with Crippen LogP contribution in [0.3, 0.4) is 0 Å². The van der Waals surface area contributed by atoms with Crippen LogP contribution in [0.5, 0.6) is 0 Å². The maximum absolute atomic E-state index is 11.3. The number of nitrogens with one attached hydrogen (secondary N) is 1. The molecular formula is C12H20N4OS. The number of hydrogen-bond donors (Lipinski definition) is 1. The van der Waals surface area contributed by atoms with Gasteiger partial charge in [0.2, 0.25) is 5.91 Å². The molecular weight excluding hydrogens is 248 g/mol. The lowest BCUT2D eigenvalue weighted by atomic mass is 9.95. The van der Waals surface area contributed by atoms with Crippen molar-refractivity contribution in [3.8, 4) is 0 Å². The smallest absolute Gasteiger partial charge is 0.230 e. The first kappa shape index (κ1) is 13.4. The first-order chi connectivity index (χ1) is 8.72. The van der Waals surface area contributed by atoms with Crippen LogP contribution in [0.2, 0.25) is 0 Å². The van der Waals surface area contributed by atoms with Gasteiger partial charge in [0.25, 0.3) is 0 Å². The zero-order chi connectivity index (χ0) is 13.0. The second-order valence-electron chi connectivity index (χ2n) is 4.65. The summed E-state index contributed by atoms with van der Waals surface area (Å²) >= 11 is 1.47. The van der Waals surface area contributed by atoms with Crippen LogP contribution in [-0.4, -0.2) is 33.5 Å². The molecule has 1 N–H and O–H groups in total. The lowest BCUT2D eigenvalue weighted by molar-refractivity contribution is -0.118. The topological polar surface area (TPSA) is 59.8 Å². The van der Waals surface area contributed by atoms with Crippen LogP contribution in [0.1, 0.15) is 44.0 Å². The minimum Gasteiger partial charge on any atom is -0.358 e. The van der Waals surface area contributed by atoms with E-state index in [0.717, 1.165) is 11.0 Å². The van der Waals surface area contributed by atoms with Crippen molar-refractivity contribution in [2.24, 2.45) is 0 Å². The Labute approximate surface area is 112 Å². The van der Waals surface area contributed by atoms with Crippen LogP contribution in [-0.2, 0) is 4.79 Å². The van der Waals surface area contributed by atoms with Crippen LogP contribution >= 0.6 is 11.8 Å². The lowest BCUT2D eigenvalue weighted by Gasteiger charge is -2.24. The van der Waals surface area contributed by atoms with Gasteiger partial charge in [-0.3, -0.25) is 4.79 Å². The minimum absolute atomic E-state index is 0.0239. The van der Waals surface area contributed by atoms with E-state index < -0.39 is 0 Å². The van der Waals surface area contributed by atoms with E-state index in [1.807, 2.05) is 6.92 Å². The number of nitrogens with zero attached hydrogens (tertiary/aromatic N) is 3. The van der Waals surface area contributed by atoms with Gasteiger partial charge < -0.3 is 9.88 Å². The third kappa shape index (κ3) is 3.04. The standard InChI is InChI=1S/C12H20N4OS/c1-9-14-15-12(18-8-11(17)13-2)16(9)10-6-4-3-5-7-10/h10H,3-8H2,1-2H3,(H,13,17). The molecule has 18 heavy (non-hydrogen) atoms. The molecule has 0 atom stereocenters.